The fourth-order valence-electron chi connectivity index (χ4n) is 1.69. The molecule has 1 atom stereocenters. The van der Waals surface area contributed by atoms with E-state index in [-0.39, 0.29) is 16.2 Å². The van der Waals surface area contributed by atoms with Crippen molar-refractivity contribution in [3.05, 3.63) is 26.2 Å². The van der Waals surface area contributed by atoms with E-state index in [1.165, 1.54) is 14.2 Å². The van der Waals surface area contributed by atoms with Gasteiger partial charge >= 0.3 is 0 Å². The van der Waals surface area contributed by atoms with Gasteiger partial charge in [0.1, 0.15) is 4.47 Å². The first-order valence-corrected chi connectivity index (χ1v) is 6.05. The highest BCUT2D eigenvalue weighted by Gasteiger charge is 2.26. The minimum Gasteiger partial charge on any atom is -0.493 e. The Labute approximate surface area is 113 Å². The maximum atomic E-state index is 11.1. The Morgan fingerprint density at radius 3 is 2.50 bits per heavy atom. The summed E-state index contributed by atoms with van der Waals surface area (Å²) in [6.07, 6.45) is 0.384. The van der Waals surface area contributed by atoms with E-state index in [9.17, 15) is 10.1 Å². The lowest BCUT2D eigenvalue weighted by molar-refractivity contribution is -0.386. The number of nitro groups is 1. The van der Waals surface area contributed by atoms with Gasteiger partial charge in [-0.05, 0) is 35.3 Å². The van der Waals surface area contributed by atoms with Crippen molar-refractivity contribution in [2.24, 2.45) is 5.73 Å². The van der Waals surface area contributed by atoms with Gasteiger partial charge in [0.2, 0.25) is 0 Å². The molecule has 0 spiro atoms. The Hall–Kier alpha value is -1.34. The van der Waals surface area contributed by atoms with Gasteiger partial charge in [0.25, 0.3) is 5.69 Å². The average Bonchev–Trinajstić information content (AvgIpc) is 2.26. The van der Waals surface area contributed by atoms with Gasteiger partial charge < -0.3 is 15.2 Å². The summed E-state index contributed by atoms with van der Waals surface area (Å²) in [7, 11) is 2.91. The van der Waals surface area contributed by atoms with Crippen molar-refractivity contribution in [1.82, 2.24) is 0 Å². The van der Waals surface area contributed by atoms with Crippen molar-refractivity contribution in [2.45, 2.75) is 19.4 Å². The number of methoxy groups -OCH3 is 2. The third-order valence-corrected chi connectivity index (χ3v) is 3.12. The van der Waals surface area contributed by atoms with Gasteiger partial charge in [-0.25, -0.2) is 0 Å². The second-order valence-corrected chi connectivity index (χ2v) is 4.67. The first-order valence-electron chi connectivity index (χ1n) is 5.25. The number of ether oxygens (including phenoxy) is 2. The lowest BCUT2D eigenvalue weighted by atomic mass is 10.0. The Bertz CT molecular complexity index is 463. The van der Waals surface area contributed by atoms with E-state index < -0.39 is 4.92 Å². The van der Waals surface area contributed by atoms with Crippen LogP contribution in [0, 0.1) is 10.1 Å². The van der Waals surface area contributed by atoms with Gasteiger partial charge in [-0.2, -0.15) is 0 Å². The van der Waals surface area contributed by atoms with Crippen LogP contribution in [0.4, 0.5) is 5.69 Å². The van der Waals surface area contributed by atoms with Crippen molar-refractivity contribution < 1.29 is 14.4 Å². The van der Waals surface area contributed by atoms with E-state index in [0.29, 0.717) is 23.5 Å². The topological polar surface area (TPSA) is 87.6 Å². The summed E-state index contributed by atoms with van der Waals surface area (Å²) >= 11 is 3.19. The van der Waals surface area contributed by atoms with Crippen LogP contribution in [0.25, 0.3) is 0 Å². The molecule has 1 aromatic carbocycles. The van der Waals surface area contributed by atoms with Crippen molar-refractivity contribution in [1.29, 1.82) is 0 Å². The second kappa shape index (κ2) is 6.01. The number of hydrogen-bond donors (Lipinski definition) is 1. The highest BCUT2D eigenvalue weighted by Crippen LogP contribution is 2.44. The largest absolute Gasteiger partial charge is 0.493 e. The summed E-state index contributed by atoms with van der Waals surface area (Å²) < 4.78 is 10.5. The van der Waals surface area contributed by atoms with Crippen LogP contribution in [-0.2, 0) is 6.42 Å². The van der Waals surface area contributed by atoms with E-state index in [4.69, 9.17) is 15.2 Å². The quantitative estimate of drug-likeness (QED) is 0.664. The molecule has 0 saturated carbocycles. The minimum atomic E-state index is -0.455. The summed E-state index contributed by atoms with van der Waals surface area (Å²) in [5.41, 5.74) is 6.17. The van der Waals surface area contributed by atoms with E-state index in [2.05, 4.69) is 15.9 Å². The summed E-state index contributed by atoms with van der Waals surface area (Å²) in [6, 6.07) is 1.40. The Morgan fingerprint density at radius 1 is 1.50 bits per heavy atom. The van der Waals surface area contributed by atoms with Gasteiger partial charge in [-0.3, -0.25) is 10.1 Å². The molecule has 0 heterocycles. The summed E-state index contributed by atoms with van der Waals surface area (Å²) in [5, 5.41) is 11.1. The predicted octanol–water partition coefficient (Wildman–Crippen LogP) is 2.26. The molecule has 0 saturated heterocycles. The molecule has 1 aromatic rings. The molecule has 0 aliphatic rings. The molecule has 0 bridgehead atoms. The molecule has 6 nitrogen and oxygen atoms in total. The Kier molecular flexibility index (Phi) is 4.92. The molecule has 100 valence electrons. The van der Waals surface area contributed by atoms with E-state index in [1.54, 1.807) is 13.0 Å². The Balaban J connectivity index is 3.49. The molecular weight excluding hydrogens is 304 g/mol. The van der Waals surface area contributed by atoms with Crippen molar-refractivity contribution in [2.75, 3.05) is 14.2 Å². The maximum Gasteiger partial charge on any atom is 0.290 e. The maximum absolute atomic E-state index is 11.1. The summed E-state index contributed by atoms with van der Waals surface area (Å²) in [5.74, 6) is 0.739. The molecule has 1 unspecified atom stereocenters. The lowest BCUT2D eigenvalue weighted by Gasteiger charge is -2.14. The van der Waals surface area contributed by atoms with E-state index >= 15 is 0 Å². The zero-order valence-corrected chi connectivity index (χ0v) is 12.0. The minimum absolute atomic E-state index is 0.0371. The number of halogens is 1. The molecule has 2 N–H and O–H groups in total. The fraction of sp³-hybridized carbons (Fsp3) is 0.455. The van der Waals surface area contributed by atoms with Gasteiger partial charge in [0.05, 0.1) is 19.1 Å². The zero-order valence-electron chi connectivity index (χ0n) is 10.4. The normalized spacial score (nSPS) is 12.1. The van der Waals surface area contributed by atoms with Gasteiger partial charge in [-0.1, -0.05) is 0 Å². The number of hydrogen-bond acceptors (Lipinski definition) is 5. The lowest BCUT2D eigenvalue weighted by Crippen LogP contribution is -2.18. The molecule has 0 aliphatic heterocycles. The van der Waals surface area contributed by atoms with Gasteiger partial charge in [0.15, 0.2) is 11.5 Å². The predicted molar refractivity (Wildman–Crippen MR) is 71.3 cm³/mol. The van der Waals surface area contributed by atoms with Crippen LogP contribution < -0.4 is 15.2 Å². The van der Waals surface area contributed by atoms with Gasteiger partial charge in [-0.15, -0.1) is 0 Å². The molecule has 0 aliphatic carbocycles. The Morgan fingerprint density at radius 2 is 2.11 bits per heavy atom. The molecule has 0 aromatic heterocycles. The monoisotopic (exact) mass is 318 g/mol. The first-order chi connectivity index (χ1) is 8.42. The van der Waals surface area contributed by atoms with Crippen LogP contribution in [0.2, 0.25) is 0 Å². The number of rotatable bonds is 5. The average molecular weight is 319 g/mol. The third-order valence-electron chi connectivity index (χ3n) is 2.39. The second-order valence-electron chi connectivity index (χ2n) is 3.87. The molecular formula is C11H15BrN2O4. The van der Waals surface area contributed by atoms with E-state index in [1.807, 2.05) is 0 Å². The first kappa shape index (κ1) is 14.7. The third kappa shape index (κ3) is 2.91. The highest BCUT2D eigenvalue weighted by atomic mass is 79.9. The van der Waals surface area contributed by atoms with E-state index in [0.717, 1.165) is 0 Å². The molecule has 0 radical (unpaired) electrons. The van der Waals surface area contributed by atoms with Crippen molar-refractivity contribution in [3.63, 3.8) is 0 Å². The van der Waals surface area contributed by atoms with Crippen LogP contribution in [0.5, 0.6) is 11.5 Å². The van der Waals surface area contributed by atoms with Crippen LogP contribution >= 0.6 is 15.9 Å². The van der Waals surface area contributed by atoms with Crippen LogP contribution in [0.3, 0.4) is 0 Å². The SMILES string of the molecule is COc1cc(CC(C)N)c([N+](=O)[O-])c(Br)c1OC. The van der Waals surface area contributed by atoms with Gasteiger partial charge in [0, 0.05) is 11.6 Å². The molecule has 0 amide bonds. The number of nitrogens with two attached hydrogens (primary N) is 1. The summed E-state index contributed by atoms with van der Waals surface area (Å²) in [6.45, 7) is 1.79. The van der Waals surface area contributed by atoms with Crippen molar-refractivity contribution in [3.8, 4) is 11.5 Å². The van der Waals surface area contributed by atoms with Crippen LogP contribution in [0.1, 0.15) is 12.5 Å². The standard InChI is InChI=1S/C11H15BrN2O4/c1-6(13)4-7-5-8(17-2)11(18-3)9(12)10(7)14(15)16/h5-6H,4,13H2,1-3H3. The molecule has 7 heteroatoms. The van der Waals surface area contributed by atoms with Crippen molar-refractivity contribution >= 4 is 21.6 Å². The summed E-state index contributed by atoms with van der Waals surface area (Å²) in [4.78, 5) is 10.7. The molecule has 1 rings (SSSR count). The van der Waals surface area contributed by atoms with Crippen LogP contribution in [0.15, 0.2) is 10.5 Å². The molecule has 18 heavy (non-hydrogen) atoms. The fourth-order valence-corrected chi connectivity index (χ4v) is 2.45. The number of nitrogens with zero attached hydrogens (tertiary/aromatic N) is 1. The number of benzene rings is 1. The number of nitro benzene ring substituents is 1. The zero-order chi connectivity index (χ0) is 13.9. The molecule has 0 fully saturated rings. The smallest absolute Gasteiger partial charge is 0.290 e. The highest BCUT2D eigenvalue weighted by molar-refractivity contribution is 9.10. The van der Waals surface area contributed by atoms with Crippen LogP contribution in [-0.4, -0.2) is 25.2 Å².